The predicted molar refractivity (Wildman–Crippen MR) is 65.4 cm³/mol. The molecule has 108 valence electrons. The van der Waals surface area contributed by atoms with Crippen molar-refractivity contribution in [2.75, 3.05) is 6.54 Å². The highest BCUT2D eigenvalue weighted by atomic mass is 16.2. The van der Waals surface area contributed by atoms with E-state index in [4.69, 9.17) is 11.5 Å². The maximum Gasteiger partial charge on any atom is 0.253 e. The minimum atomic E-state index is -1.21. The normalized spacial score (nSPS) is 15.3. The summed E-state index contributed by atoms with van der Waals surface area (Å²) in [5.41, 5.74) is 9.92. The molecule has 0 aromatic heterocycles. The molecule has 1 unspecified atom stereocenters. The van der Waals surface area contributed by atoms with Gasteiger partial charge in [-0.1, -0.05) is 0 Å². The topological polar surface area (TPSA) is 153 Å². The molecule has 9 heteroatoms. The molecular weight excluding hydrogens is 268 g/mol. The van der Waals surface area contributed by atoms with Gasteiger partial charge in [-0.3, -0.25) is 28.9 Å². The van der Waals surface area contributed by atoms with Gasteiger partial charge in [-0.05, 0) is 0 Å². The SMILES string of the molecule is NC(=O)CC(NC(=O)CCN1C(=O)C=CC1=O)C(N)=O. The number of imide groups is 1. The fourth-order valence-corrected chi connectivity index (χ4v) is 1.56. The summed E-state index contributed by atoms with van der Waals surface area (Å²) in [6, 6.07) is -1.21. The van der Waals surface area contributed by atoms with Crippen LogP contribution in [0, 0.1) is 0 Å². The Labute approximate surface area is 113 Å². The van der Waals surface area contributed by atoms with Gasteiger partial charge in [0.25, 0.3) is 11.8 Å². The van der Waals surface area contributed by atoms with Crippen molar-refractivity contribution in [3.05, 3.63) is 12.2 Å². The Kier molecular flexibility index (Phi) is 4.95. The van der Waals surface area contributed by atoms with E-state index in [9.17, 15) is 24.0 Å². The van der Waals surface area contributed by atoms with Crippen LogP contribution in [0.1, 0.15) is 12.8 Å². The van der Waals surface area contributed by atoms with Crippen molar-refractivity contribution in [2.24, 2.45) is 11.5 Å². The van der Waals surface area contributed by atoms with Gasteiger partial charge >= 0.3 is 0 Å². The van der Waals surface area contributed by atoms with Crippen molar-refractivity contribution in [1.82, 2.24) is 10.2 Å². The molecule has 9 nitrogen and oxygen atoms in total. The second kappa shape index (κ2) is 6.45. The van der Waals surface area contributed by atoms with Crippen molar-refractivity contribution < 1.29 is 24.0 Å². The Morgan fingerprint density at radius 2 is 1.70 bits per heavy atom. The summed E-state index contributed by atoms with van der Waals surface area (Å²) < 4.78 is 0. The number of nitrogens with zero attached hydrogens (tertiary/aromatic N) is 1. The van der Waals surface area contributed by atoms with Gasteiger partial charge in [0.05, 0.1) is 6.42 Å². The summed E-state index contributed by atoms with van der Waals surface area (Å²) in [6.07, 6.45) is 1.57. The van der Waals surface area contributed by atoms with Crippen LogP contribution in [0.2, 0.25) is 0 Å². The second-order valence-corrected chi connectivity index (χ2v) is 4.10. The van der Waals surface area contributed by atoms with Gasteiger partial charge in [0.15, 0.2) is 0 Å². The molecule has 20 heavy (non-hydrogen) atoms. The Morgan fingerprint density at radius 3 is 2.15 bits per heavy atom. The first-order valence-electron chi connectivity index (χ1n) is 5.71. The van der Waals surface area contributed by atoms with E-state index >= 15 is 0 Å². The molecule has 0 bridgehead atoms. The van der Waals surface area contributed by atoms with Gasteiger partial charge in [-0.15, -0.1) is 0 Å². The molecule has 1 heterocycles. The molecule has 0 aromatic carbocycles. The molecule has 0 fully saturated rings. The Morgan fingerprint density at radius 1 is 1.15 bits per heavy atom. The van der Waals surface area contributed by atoms with Crippen LogP contribution in [0.3, 0.4) is 0 Å². The first-order chi connectivity index (χ1) is 9.31. The van der Waals surface area contributed by atoms with Gasteiger partial charge in [-0.25, -0.2) is 0 Å². The van der Waals surface area contributed by atoms with E-state index in [1.54, 1.807) is 0 Å². The quantitative estimate of drug-likeness (QED) is 0.429. The van der Waals surface area contributed by atoms with E-state index < -0.39 is 42.0 Å². The zero-order valence-electron chi connectivity index (χ0n) is 10.5. The van der Waals surface area contributed by atoms with Crippen molar-refractivity contribution in [3.63, 3.8) is 0 Å². The number of amides is 5. The fraction of sp³-hybridized carbons (Fsp3) is 0.364. The number of hydrogen-bond donors (Lipinski definition) is 3. The zero-order chi connectivity index (χ0) is 15.3. The molecule has 0 saturated carbocycles. The number of nitrogens with one attached hydrogen (secondary N) is 1. The van der Waals surface area contributed by atoms with Crippen LogP contribution >= 0.6 is 0 Å². The van der Waals surface area contributed by atoms with Crippen molar-refractivity contribution in [2.45, 2.75) is 18.9 Å². The smallest absolute Gasteiger partial charge is 0.253 e. The average molecular weight is 282 g/mol. The third kappa shape index (κ3) is 4.19. The largest absolute Gasteiger partial charge is 0.370 e. The van der Waals surface area contributed by atoms with Crippen LogP contribution < -0.4 is 16.8 Å². The Bertz CT molecular complexity index is 481. The molecule has 1 rings (SSSR count). The van der Waals surface area contributed by atoms with Gasteiger partial charge in [0.1, 0.15) is 6.04 Å². The summed E-state index contributed by atoms with van der Waals surface area (Å²) in [5, 5.41) is 2.22. The molecule has 0 aliphatic carbocycles. The molecule has 1 atom stereocenters. The number of hydrogen-bond acceptors (Lipinski definition) is 5. The lowest BCUT2D eigenvalue weighted by molar-refractivity contribution is -0.137. The van der Waals surface area contributed by atoms with E-state index in [1.165, 1.54) is 0 Å². The van der Waals surface area contributed by atoms with Crippen LogP contribution in [-0.4, -0.2) is 47.0 Å². The van der Waals surface area contributed by atoms with Crippen LogP contribution in [0.5, 0.6) is 0 Å². The Balaban J connectivity index is 2.46. The van der Waals surface area contributed by atoms with E-state index in [0.29, 0.717) is 0 Å². The van der Waals surface area contributed by atoms with Gasteiger partial charge in [0, 0.05) is 25.1 Å². The second-order valence-electron chi connectivity index (χ2n) is 4.10. The average Bonchev–Trinajstić information content (AvgIpc) is 2.65. The molecule has 0 aromatic rings. The summed E-state index contributed by atoms with van der Waals surface area (Å²) in [6.45, 7) is -0.126. The third-order valence-corrected chi connectivity index (χ3v) is 2.55. The lowest BCUT2D eigenvalue weighted by Crippen LogP contribution is -2.47. The van der Waals surface area contributed by atoms with Crippen LogP contribution in [0.15, 0.2) is 12.2 Å². The van der Waals surface area contributed by atoms with E-state index in [0.717, 1.165) is 17.1 Å². The summed E-state index contributed by atoms with van der Waals surface area (Å²) in [5.74, 6) is -3.32. The van der Waals surface area contributed by atoms with Gasteiger partial charge in [0.2, 0.25) is 17.7 Å². The first-order valence-corrected chi connectivity index (χ1v) is 5.71. The number of carbonyl (C=O) groups excluding carboxylic acids is 5. The van der Waals surface area contributed by atoms with Gasteiger partial charge < -0.3 is 16.8 Å². The maximum absolute atomic E-state index is 11.6. The molecule has 1 aliphatic heterocycles. The highest BCUT2D eigenvalue weighted by Gasteiger charge is 2.25. The molecule has 5 N–H and O–H groups in total. The summed E-state index contributed by atoms with van der Waals surface area (Å²) in [4.78, 5) is 56.6. The number of nitrogens with two attached hydrogens (primary N) is 2. The van der Waals surface area contributed by atoms with Crippen LogP contribution in [0.4, 0.5) is 0 Å². The highest BCUT2D eigenvalue weighted by Crippen LogP contribution is 2.04. The van der Waals surface area contributed by atoms with E-state index in [2.05, 4.69) is 5.32 Å². The van der Waals surface area contributed by atoms with Crippen molar-refractivity contribution in [3.8, 4) is 0 Å². The number of carbonyl (C=O) groups is 5. The third-order valence-electron chi connectivity index (χ3n) is 2.55. The number of primary amides is 2. The Hall–Kier alpha value is -2.71. The molecule has 0 saturated heterocycles. The molecular formula is C11H14N4O5. The maximum atomic E-state index is 11.6. The van der Waals surface area contributed by atoms with E-state index in [1.807, 2.05) is 0 Å². The minimum absolute atomic E-state index is 0.126. The molecule has 0 spiro atoms. The predicted octanol–water partition coefficient (Wildman–Crippen LogP) is -2.85. The van der Waals surface area contributed by atoms with Crippen LogP contribution in [0.25, 0.3) is 0 Å². The van der Waals surface area contributed by atoms with Gasteiger partial charge in [-0.2, -0.15) is 0 Å². The zero-order valence-corrected chi connectivity index (χ0v) is 10.5. The molecule has 1 aliphatic rings. The monoisotopic (exact) mass is 282 g/mol. The van der Waals surface area contributed by atoms with Crippen molar-refractivity contribution in [1.29, 1.82) is 0 Å². The number of rotatable bonds is 7. The fourth-order valence-electron chi connectivity index (χ4n) is 1.56. The first kappa shape index (κ1) is 15.3. The highest BCUT2D eigenvalue weighted by molar-refractivity contribution is 6.13. The van der Waals surface area contributed by atoms with E-state index in [-0.39, 0.29) is 13.0 Å². The van der Waals surface area contributed by atoms with Crippen LogP contribution in [-0.2, 0) is 24.0 Å². The molecule has 5 amide bonds. The summed E-state index contributed by atoms with van der Waals surface area (Å²) in [7, 11) is 0. The molecule has 0 radical (unpaired) electrons. The summed E-state index contributed by atoms with van der Waals surface area (Å²) >= 11 is 0. The standard InChI is InChI=1S/C11H14N4O5/c12-7(16)5-6(11(13)20)14-8(17)3-4-15-9(18)1-2-10(15)19/h1-2,6H,3-5H2,(H2,12,16)(H2,13,20)(H,14,17). The lowest BCUT2D eigenvalue weighted by atomic mass is 10.2. The minimum Gasteiger partial charge on any atom is -0.370 e. The lowest BCUT2D eigenvalue weighted by Gasteiger charge is -2.16. The van der Waals surface area contributed by atoms with Crippen molar-refractivity contribution >= 4 is 29.5 Å².